The summed E-state index contributed by atoms with van der Waals surface area (Å²) in [5.74, 6) is -4.26. The predicted molar refractivity (Wildman–Crippen MR) is 207 cm³/mol. The van der Waals surface area contributed by atoms with Crippen molar-refractivity contribution in [1.82, 2.24) is 0 Å². The van der Waals surface area contributed by atoms with E-state index in [1.165, 1.54) is 59.4 Å². The average molecular weight is 933 g/mol. The molecule has 0 fully saturated rings. The SMILES string of the molecule is Nc1c(N=Nc2ccc(SOC(=O)CSOOO)cc2S(=O)(=O)O)cc(S(=O)(=O)O)c(NCCC(=O)O)c1N=Nc1ccc(S(=O)(=O)CC[n+]2cccc(C(=O)O)c2)cc1. The van der Waals surface area contributed by atoms with Gasteiger partial charge in [-0.3, -0.25) is 18.7 Å². The number of hydrogen-bond donors (Lipinski definition) is 7. The molecule has 0 amide bonds. The maximum absolute atomic E-state index is 13.0. The van der Waals surface area contributed by atoms with Gasteiger partial charge in [-0.1, -0.05) is 5.04 Å². The zero-order chi connectivity index (χ0) is 44.3. The number of hydrogen-bond acceptors (Lipinski definition) is 21. The summed E-state index contributed by atoms with van der Waals surface area (Å²) >= 11 is 0.735. The Bertz CT molecular complexity index is 2660. The van der Waals surface area contributed by atoms with E-state index in [1.54, 1.807) is 0 Å². The highest BCUT2D eigenvalue weighted by Gasteiger charge is 2.26. The van der Waals surface area contributed by atoms with Crippen LogP contribution in [-0.4, -0.2) is 85.8 Å². The number of aliphatic carboxylic acids is 1. The van der Waals surface area contributed by atoms with E-state index in [4.69, 9.17) is 20.3 Å². The summed E-state index contributed by atoms with van der Waals surface area (Å²) in [4.78, 5) is 32.3. The second-order valence-corrected chi connectivity index (χ2v) is 17.8. The Hall–Kier alpha value is -5.63. The minimum Gasteiger partial charge on any atom is -0.481 e. The summed E-state index contributed by atoms with van der Waals surface area (Å²) in [5, 5.41) is 47.9. The number of sulfone groups is 1. The molecule has 0 aliphatic rings. The normalized spacial score (nSPS) is 12.2. The van der Waals surface area contributed by atoms with Gasteiger partial charge in [-0.15, -0.1) is 19.7 Å². The van der Waals surface area contributed by atoms with Crippen LogP contribution in [0.3, 0.4) is 0 Å². The van der Waals surface area contributed by atoms with E-state index in [2.05, 4.69) is 35.1 Å². The lowest BCUT2D eigenvalue weighted by molar-refractivity contribution is -0.692. The molecule has 0 saturated carbocycles. The highest BCUT2D eigenvalue weighted by atomic mass is 32.2. The van der Waals surface area contributed by atoms with Crippen LogP contribution in [-0.2, 0) is 59.8 Å². The maximum Gasteiger partial charge on any atom is 0.341 e. The van der Waals surface area contributed by atoms with Gasteiger partial charge in [0, 0.05) is 29.5 Å². The number of nitrogens with zero attached hydrogens (tertiary/aromatic N) is 5. The van der Waals surface area contributed by atoms with Gasteiger partial charge >= 0.3 is 17.9 Å². The number of nitrogens with one attached hydrogen (secondary N) is 1. The van der Waals surface area contributed by atoms with Gasteiger partial charge in [-0.2, -0.15) is 21.9 Å². The van der Waals surface area contributed by atoms with Gasteiger partial charge in [0.1, 0.15) is 43.9 Å². The Morgan fingerprint density at radius 1 is 0.850 bits per heavy atom. The summed E-state index contributed by atoms with van der Waals surface area (Å²) in [6.07, 6.45) is 2.22. The van der Waals surface area contributed by atoms with Crippen molar-refractivity contribution in [2.45, 2.75) is 32.5 Å². The van der Waals surface area contributed by atoms with Gasteiger partial charge in [-0.05, 0) is 54.6 Å². The van der Waals surface area contributed by atoms with Crippen molar-refractivity contribution in [2.24, 2.45) is 20.5 Å². The van der Waals surface area contributed by atoms with E-state index in [1.807, 2.05) is 0 Å². The smallest absolute Gasteiger partial charge is 0.341 e. The zero-order valence-corrected chi connectivity index (χ0v) is 34.0. The number of nitrogen functional groups attached to an aromatic ring is 1. The third-order valence-corrected chi connectivity index (χ3v) is 12.0. The zero-order valence-electron chi connectivity index (χ0n) is 30.0. The summed E-state index contributed by atoms with van der Waals surface area (Å²) < 4.78 is 106. The average Bonchev–Trinajstić information content (AvgIpc) is 3.18. The summed E-state index contributed by atoms with van der Waals surface area (Å²) in [6, 6.07) is 11.4. The molecular formula is C31H30N7O17S5+. The fourth-order valence-electron chi connectivity index (χ4n) is 4.62. The molecule has 0 aliphatic heterocycles. The Morgan fingerprint density at radius 2 is 1.53 bits per heavy atom. The van der Waals surface area contributed by atoms with E-state index >= 15 is 0 Å². The number of aryl methyl sites for hydroxylation is 1. The molecule has 8 N–H and O–H groups in total. The largest absolute Gasteiger partial charge is 0.481 e. The summed E-state index contributed by atoms with van der Waals surface area (Å²) in [7, 11) is -14.2. The van der Waals surface area contributed by atoms with E-state index in [9.17, 15) is 53.8 Å². The number of carboxylic acids is 2. The standard InChI is InChI=1S/C31H29N7O17S5/c32-28-23(36-35-22-8-5-20(14-24(22)59(47,48)49)57-53-27(41)17-56-55-54-44)15-25(60(50,51)52)29(33-10-9-26(39)40)30(28)37-34-19-3-6-21(7-4-19)58(45,46)13-12-38-11-1-2-18(16-38)31(42)43/h1-8,11,14-16,33H,9-10,12-13,17,32H2,(H4-,39,40,42,43,44,47,48,49,50,51,52)/p+1. The number of nitrogens with two attached hydrogens (primary N) is 1. The Morgan fingerprint density at radius 3 is 2.17 bits per heavy atom. The van der Waals surface area contributed by atoms with Crippen molar-refractivity contribution < 1.29 is 82.3 Å². The number of carbonyl (C=O) groups is 3. The van der Waals surface area contributed by atoms with Crippen LogP contribution < -0.4 is 15.6 Å². The Balaban J connectivity index is 1.70. The molecule has 1 aromatic heterocycles. The summed E-state index contributed by atoms with van der Waals surface area (Å²) in [6.45, 7) is -0.503. The molecule has 4 aromatic rings. The third kappa shape index (κ3) is 13.4. The molecular weight excluding hydrogens is 903 g/mol. The number of benzene rings is 3. The fourth-order valence-corrected chi connectivity index (χ4v) is 8.12. The van der Waals surface area contributed by atoms with Gasteiger partial charge in [0.25, 0.3) is 20.2 Å². The second-order valence-electron chi connectivity index (χ2n) is 11.5. The van der Waals surface area contributed by atoms with Gasteiger partial charge < -0.3 is 25.4 Å². The minimum absolute atomic E-state index is 0.0125. The van der Waals surface area contributed by atoms with Crippen molar-refractivity contribution in [3.05, 3.63) is 78.6 Å². The first-order chi connectivity index (χ1) is 28.2. The van der Waals surface area contributed by atoms with Crippen LogP contribution in [0.25, 0.3) is 0 Å². The van der Waals surface area contributed by atoms with Crippen LogP contribution in [0.2, 0.25) is 0 Å². The molecule has 29 heteroatoms. The number of carboxylic acid groups (broad SMARTS) is 2. The highest BCUT2D eigenvalue weighted by molar-refractivity contribution is 7.96. The number of pyridine rings is 1. The van der Waals surface area contributed by atoms with Crippen LogP contribution >= 0.6 is 24.1 Å². The second kappa shape index (κ2) is 20.6. The van der Waals surface area contributed by atoms with E-state index in [-0.39, 0.29) is 27.6 Å². The molecule has 0 atom stereocenters. The first-order valence-corrected chi connectivity index (χ1v) is 22.2. The molecule has 0 saturated heterocycles. The minimum atomic E-state index is -5.20. The first kappa shape index (κ1) is 47.1. The summed E-state index contributed by atoms with van der Waals surface area (Å²) in [5.41, 5.74) is 3.56. The third-order valence-electron chi connectivity index (χ3n) is 7.35. The number of azo groups is 2. The molecule has 320 valence electrons. The number of aromatic nitrogens is 1. The lowest BCUT2D eigenvalue weighted by atomic mass is 10.2. The fraction of sp³-hybridized carbons (Fsp3) is 0.161. The molecule has 4 rings (SSSR count). The van der Waals surface area contributed by atoms with Crippen LogP contribution in [0.4, 0.5) is 34.1 Å². The molecule has 0 bridgehead atoms. The van der Waals surface area contributed by atoms with Crippen molar-refractivity contribution in [2.75, 3.05) is 29.1 Å². The molecule has 0 spiro atoms. The quantitative estimate of drug-likeness (QED) is 0.00879. The lowest BCUT2D eigenvalue weighted by Crippen LogP contribution is -2.37. The van der Waals surface area contributed by atoms with Gasteiger partial charge in [0.15, 0.2) is 28.8 Å². The van der Waals surface area contributed by atoms with Crippen molar-refractivity contribution in [3.63, 3.8) is 0 Å². The number of rotatable bonds is 21. The lowest BCUT2D eigenvalue weighted by Gasteiger charge is -2.15. The van der Waals surface area contributed by atoms with Gasteiger partial charge in [0.2, 0.25) is 0 Å². The molecule has 3 aromatic carbocycles. The Kier molecular flexibility index (Phi) is 16.1. The number of carbonyl (C=O) groups excluding carboxylic acids is 1. The van der Waals surface area contributed by atoms with E-state index < -0.39 is 111 Å². The highest BCUT2D eigenvalue weighted by Crippen LogP contribution is 2.45. The van der Waals surface area contributed by atoms with Crippen molar-refractivity contribution in [1.29, 1.82) is 0 Å². The number of aromatic carboxylic acids is 1. The first-order valence-electron chi connectivity index (χ1n) is 16.1. The van der Waals surface area contributed by atoms with Crippen molar-refractivity contribution >= 4 is 106 Å². The van der Waals surface area contributed by atoms with Gasteiger partial charge in [-0.25, -0.2) is 23.0 Å². The van der Waals surface area contributed by atoms with Crippen LogP contribution in [0.15, 0.2) is 113 Å². The topological polar surface area (TPSA) is 374 Å². The van der Waals surface area contributed by atoms with E-state index in [0.717, 1.165) is 12.1 Å². The molecule has 60 heavy (non-hydrogen) atoms. The molecule has 0 aliphatic carbocycles. The van der Waals surface area contributed by atoms with Crippen LogP contribution in [0.5, 0.6) is 0 Å². The monoisotopic (exact) mass is 932 g/mol. The maximum atomic E-state index is 13.0. The van der Waals surface area contributed by atoms with Gasteiger partial charge in [0.05, 0.1) is 40.4 Å². The Labute approximate surface area is 347 Å². The molecule has 0 radical (unpaired) electrons. The van der Waals surface area contributed by atoms with Crippen molar-refractivity contribution in [3.8, 4) is 0 Å². The molecule has 1 heterocycles. The number of anilines is 2. The van der Waals surface area contributed by atoms with Crippen LogP contribution in [0, 0.1) is 0 Å². The molecule has 24 nitrogen and oxygen atoms in total. The van der Waals surface area contributed by atoms with E-state index in [0.29, 0.717) is 30.2 Å². The molecule has 0 unspecified atom stereocenters. The predicted octanol–water partition coefficient (Wildman–Crippen LogP) is 4.56. The van der Waals surface area contributed by atoms with Crippen LogP contribution in [0.1, 0.15) is 16.8 Å².